The maximum atomic E-state index is 11.7. The third-order valence-electron chi connectivity index (χ3n) is 3.30. The van der Waals surface area contributed by atoms with Gasteiger partial charge in [0.1, 0.15) is 0 Å². The van der Waals surface area contributed by atoms with Crippen LogP contribution in [0, 0.1) is 5.92 Å². The molecule has 2 rings (SSSR count). The second-order valence-electron chi connectivity index (χ2n) is 5.13. The predicted molar refractivity (Wildman–Crippen MR) is 77.3 cm³/mol. The lowest BCUT2D eigenvalue weighted by Crippen LogP contribution is -2.34. The van der Waals surface area contributed by atoms with Crippen LogP contribution in [0.1, 0.15) is 26.2 Å². The van der Waals surface area contributed by atoms with E-state index in [0.717, 1.165) is 19.5 Å². The third kappa shape index (κ3) is 5.61. The predicted octanol–water partition coefficient (Wildman–Crippen LogP) is 1.20. The second-order valence-corrected chi connectivity index (χ2v) is 5.13. The molecular formula is C13H23ClN4O. The maximum Gasteiger partial charge on any atom is 0.221 e. The van der Waals surface area contributed by atoms with E-state index in [9.17, 15) is 4.79 Å². The largest absolute Gasteiger partial charge is 0.356 e. The van der Waals surface area contributed by atoms with E-state index in [1.807, 2.05) is 16.9 Å². The first-order chi connectivity index (χ1) is 8.74. The molecule has 0 aliphatic carbocycles. The highest BCUT2D eigenvalue weighted by Crippen LogP contribution is 2.08. The lowest BCUT2D eigenvalue weighted by molar-refractivity contribution is -0.121. The van der Waals surface area contributed by atoms with E-state index < -0.39 is 0 Å². The van der Waals surface area contributed by atoms with Gasteiger partial charge < -0.3 is 10.6 Å². The minimum atomic E-state index is 0. The van der Waals surface area contributed by atoms with Crippen LogP contribution in [-0.4, -0.2) is 34.8 Å². The lowest BCUT2D eigenvalue weighted by Gasteiger charge is -2.14. The van der Waals surface area contributed by atoms with E-state index in [0.29, 0.717) is 24.9 Å². The molecule has 1 amide bonds. The summed E-state index contributed by atoms with van der Waals surface area (Å²) in [5, 5.41) is 10.5. The topological polar surface area (TPSA) is 59.0 Å². The zero-order valence-electron chi connectivity index (χ0n) is 11.3. The number of halogens is 1. The quantitative estimate of drug-likeness (QED) is 0.826. The molecule has 19 heavy (non-hydrogen) atoms. The molecule has 1 saturated heterocycles. The zero-order chi connectivity index (χ0) is 12.8. The van der Waals surface area contributed by atoms with Gasteiger partial charge in [-0.15, -0.1) is 12.4 Å². The summed E-state index contributed by atoms with van der Waals surface area (Å²) in [5.74, 6) is 0.548. The molecule has 2 unspecified atom stereocenters. The van der Waals surface area contributed by atoms with Gasteiger partial charge in [-0.05, 0) is 31.4 Å². The number of nitrogens with zero attached hydrogens (tertiary/aromatic N) is 2. The van der Waals surface area contributed by atoms with E-state index >= 15 is 0 Å². The highest BCUT2D eigenvalue weighted by atomic mass is 35.5. The third-order valence-corrected chi connectivity index (χ3v) is 3.30. The van der Waals surface area contributed by atoms with E-state index in [4.69, 9.17) is 0 Å². The minimum Gasteiger partial charge on any atom is -0.356 e. The van der Waals surface area contributed by atoms with Gasteiger partial charge in [-0.2, -0.15) is 5.10 Å². The number of rotatable bonds is 6. The minimum absolute atomic E-state index is 0. The molecule has 1 aliphatic rings. The monoisotopic (exact) mass is 286 g/mol. The lowest BCUT2D eigenvalue weighted by atomic mass is 10.1. The molecule has 0 radical (unpaired) electrons. The van der Waals surface area contributed by atoms with Crippen molar-refractivity contribution in [3.8, 4) is 0 Å². The van der Waals surface area contributed by atoms with Crippen molar-refractivity contribution in [2.45, 2.75) is 38.8 Å². The van der Waals surface area contributed by atoms with E-state index in [-0.39, 0.29) is 18.3 Å². The van der Waals surface area contributed by atoms with Crippen LogP contribution < -0.4 is 10.6 Å². The Bertz CT molecular complexity index is 363. The SMILES string of the molecule is CC(CNC(=O)CC1CCCN1)Cn1cccn1.Cl. The van der Waals surface area contributed by atoms with Crippen LogP contribution in [-0.2, 0) is 11.3 Å². The van der Waals surface area contributed by atoms with Gasteiger partial charge in [-0.3, -0.25) is 9.48 Å². The van der Waals surface area contributed by atoms with Gasteiger partial charge in [0.2, 0.25) is 5.91 Å². The van der Waals surface area contributed by atoms with Crippen LogP contribution >= 0.6 is 12.4 Å². The highest BCUT2D eigenvalue weighted by molar-refractivity contribution is 5.85. The summed E-state index contributed by atoms with van der Waals surface area (Å²) in [6.45, 7) is 4.73. The van der Waals surface area contributed by atoms with E-state index in [1.165, 1.54) is 6.42 Å². The second kappa shape index (κ2) is 8.17. The Labute approximate surface area is 120 Å². The van der Waals surface area contributed by atoms with Crippen molar-refractivity contribution in [2.24, 2.45) is 5.92 Å². The van der Waals surface area contributed by atoms with Gasteiger partial charge in [0.05, 0.1) is 0 Å². The fraction of sp³-hybridized carbons (Fsp3) is 0.692. The van der Waals surface area contributed by atoms with Crippen molar-refractivity contribution in [1.82, 2.24) is 20.4 Å². The Kier molecular flexibility index (Phi) is 6.87. The molecule has 1 aromatic heterocycles. The Morgan fingerprint density at radius 1 is 1.63 bits per heavy atom. The first-order valence-corrected chi connectivity index (χ1v) is 6.71. The van der Waals surface area contributed by atoms with Crippen molar-refractivity contribution in [1.29, 1.82) is 0 Å². The van der Waals surface area contributed by atoms with Crippen LogP contribution in [0.2, 0.25) is 0 Å². The van der Waals surface area contributed by atoms with Gasteiger partial charge in [-0.1, -0.05) is 6.92 Å². The van der Waals surface area contributed by atoms with Crippen molar-refractivity contribution in [3.05, 3.63) is 18.5 Å². The molecule has 1 aliphatic heterocycles. The first-order valence-electron chi connectivity index (χ1n) is 6.71. The summed E-state index contributed by atoms with van der Waals surface area (Å²) in [4.78, 5) is 11.7. The van der Waals surface area contributed by atoms with E-state index in [1.54, 1.807) is 6.20 Å². The average molecular weight is 287 g/mol. The molecule has 1 fully saturated rings. The number of aromatic nitrogens is 2. The van der Waals surface area contributed by atoms with Crippen LogP contribution in [0.25, 0.3) is 0 Å². The van der Waals surface area contributed by atoms with Gasteiger partial charge in [0.15, 0.2) is 0 Å². The number of hydrogen-bond acceptors (Lipinski definition) is 3. The highest BCUT2D eigenvalue weighted by Gasteiger charge is 2.17. The molecule has 108 valence electrons. The summed E-state index contributed by atoms with van der Waals surface area (Å²) in [6.07, 6.45) is 6.64. The smallest absolute Gasteiger partial charge is 0.221 e. The normalized spacial score (nSPS) is 19.7. The van der Waals surface area contributed by atoms with Gasteiger partial charge in [0.25, 0.3) is 0 Å². The number of carbonyl (C=O) groups excluding carboxylic acids is 1. The van der Waals surface area contributed by atoms with Crippen molar-refractivity contribution in [3.63, 3.8) is 0 Å². The Morgan fingerprint density at radius 3 is 3.11 bits per heavy atom. The molecule has 0 spiro atoms. The van der Waals surface area contributed by atoms with Gasteiger partial charge >= 0.3 is 0 Å². The Balaban J connectivity index is 0.00000180. The summed E-state index contributed by atoms with van der Waals surface area (Å²) in [7, 11) is 0. The number of amides is 1. The van der Waals surface area contributed by atoms with E-state index in [2.05, 4.69) is 22.7 Å². The van der Waals surface area contributed by atoms with Crippen molar-refractivity contribution < 1.29 is 4.79 Å². The molecule has 2 N–H and O–H groups in total. The standard InChI is InChI=1S/C13H22N4O.ClH/c1-11(10-17-7-3-6-16-17)9-15-13(18)8-12-4-2-5-14-12;/h3,6-7,11-12,14H,2,4-5,8-10H2,1H3,(H,15,18);1H. The number of nitrogens with one attached hydrogen (secondary N) is 2. The fourth-order valence-corrected chi connectivity index (χ4v) is 2.31. The molecule has 2 atom stereocenters. The van der Waals surface area contributed by atoms with Crippen LogP contribution in [0.4, 0.5) is 0 Å². The summed E-state index contributed by atoms with van der Waals surface area (Å²) in [6, 6.07) is 2.29. The van der Waals surface area contributed by atoms with Crippen molar-refractivity contribution >= 4 is 18.3 Å². The summed E-state index contributed by atoms with van der Waals surface area (Å²) >= 11 is 0. The number of carbonyl (C=O) groups is 1. The Morgan fingerprint density at radius 2 is 2.47 bits per heavy atom. The summed E-state index contributed by atoms with van der Waals surface area (Å²) < 4.78 is 1.90. The first kappa shape index (κ1) is 16.0. The molecule has 0 saturated carbocycles. The van der Waals surface area contributed by atoms with Crippen LogP contribution in [0.3, 0.4) is 0 Å². The van der Waals surface area contributed by atoms with Gasteiger partial charge in [-0.25, -0.2) is 0 Å². The average Bonchev–Trinajstić information content (AvgIpc) is 2.99. The molecule has 6 heteroatoms. The van der Waals surface area contributed by atoms with Crippen LogP contribution in [0.15, 0.2) is 18.5 Å². The molecule has 0 bridgehead atoms. The number of hydrogen-bond donors (Lipinski definition) is 2. The molecule has 5 nitrogen and oxygen atoms in total. The molecule has 0 aromatic carbocycles. The van der Waals surface area contributed by atoms with Crippen LogP contribution in [0.5, 0.6) is 0 Å². The zero-order valence-corrected chi connectivity index (χ0v) is 12.2. The molecule has 1 aromatic rings. The maximum absolute atomic E-state index is 11.7. The molecule has 2 heterocycles. The molecular weight excluding hydrogens is 264 g/mol. The fourth-order valence-electron chi connectivity index (χ4n) is 2.31. The van der Waals surface area contributed by atoms with Gasteiger partial charge in [0, 0.05) is 37.9 Å². The Hall–Kier alpha value is -1.07. The van der Waals surface area contributed by atoms with Crippen molar-refractivity contribution in [2.75, 3.05) is 13.1 Å². The summed E-state index contributed by atoms with van der Waals surface area (Å²) in [5.41, 5.74) is 0.